The van der Waals surface area contributed by atoms with Crippen LogP contribution in [-0.4, -0.2) is 29.1 Å². The number of urea groups is 1. The fraction of sp³-hybridized carbons (Fsp3) is 0.227. The van der Waals surface area contributed by atoms with Crippen molar-refractivity contribution in [2.75, 3.05) is 18.5 Å². The molecule has 4 rings (SSSR count). The molecule has 2 N–H and O–H groups in total. The molecule has 1 aliphatic heterocycles. The zero-order valence-corrected chi connectivity index (χ0v) is 16.8. The first kappa shape index (κ1) is 21.4. The molecule has 2 aromatic carbocycles. The number of benzene rings is 2. The quantitative estimate of drug-likeness (QED) is 0.642. The number of amides is 2. The monoisotopic (exact) mass is 442 g/mol. The van der Waals surface area contributed by atoms with Gasteiger partial charge in [-0.05, 0) is 42.6 Å². The van der Waals surface area contributed by atoms with Crippen LogP contribution in [0.3, 0.4) is 0 Å². The van der Waals surface area contributed by atoms with E-state index in [1.807, 2.05) is 0 Å². The van der Waals surface area contributed by atoms with Crippen LogP contribution in [0.15, 0.2) is 35.1 Å². The van der Waals surface area contributed by atoms with Crippen molar-refractivity contribution in [3.8, 4) is 6.07 Å². The molecule has 0 saturated carbocycles. The number of nitriles is 1. The Kier molecular flexibility index (Phi) is 5.59. The van der Waals surface area contributed by atoms with Gasteiger partial charge in [-0.2, -0.15) is 5.26 Å². The van der Waals surface area contributed by atoms with Gasteiger partial charge in [-0.3, -0.25) is 4.79 Å². The number of halogens is 3. The molecular weight excluding hydrogens is 425 g/mol. The average molecular weight is 442 g/mol. The number of carbonyl (C=O) groups excluding carboxylic acids is 1. The van der Waals surface area contributed by atoms with Crippen molar-refractivity contribution in [2.24, 2.45) is 0 Å². The number of carbonyl (C=O) groups is 1. The minimum atomic E-state index is -1.15. The Morgan fingerprint density at radius 3 is 2.62 bits per heavy atom. The lowest BCUT2D eigenvalue weighted by Crippen LogP contribution is -2.42. The zero-order valence-electron chi connectivity index (χ0n) is 16.8. The third kappa shape index (κ3) is 3.67. The van der Waals surface area contributed by atoms with Crippen LogP contribution in [0, 0.1) is 28.8 Å². The Morgan fingerprint density at radius 2 is 1.94 bits per heavy atom. The predicted molar refractivity (Wildman–Crippen MR) is 109 cm³/mol. The number of hydrogen-bond acceptors (Lipinski definition) is 4. The molecule has 1 atom stereocenters. The fourth-order valence-electron chi connectivity index (χ4n) is 3.88. The number of H-pyrrole nitrogens is 1. The van der Waals surface area contributed by atoms with Gasteiger partial charge in [-0.25, -0.2) is 18.0 Å². The van der Waals surface area contributed by atoms with Gasteiger partial charge in [-0.1, -0.05) is 0 Å². The minimum Gasteiger partial charge on any atom is -0.373 e. The van der Waals surface area contributed by atoms with E-state index in [9.17, 15) is 22.8 Å². The van der Waals surface area contributed by atoms with E-state index >= 15 is 0 Å². The van der Waals surface area contributed by atoms with E-state index < -0.39 is 35.1 Å². The number of aromatic amines is 1. The molecule has 164 valence electrons. The number of pyridine rings is 1. The van der Waals surface area contributed by atoms with Gasteiger partial charge in [0.05, 0.1) is 30.2 Å². The molecule has 1 aromatic heterocycles. The molecule has 3 aromatic rings. The van der Waals surface area contributed by atoms with Gasteiger partial charge in [0.15, 0.2) is 11.6 Å². The van der Waals surface area contributed by atoms with Gasteiger partial charge >= 0.3 is 6.03 Å². The second-order valence-corrected chi connectivity index (χ2v) is 7.21. The van der Waals surface area contributed by atoms with Crippen molar-refractivity contribution >= 4 is 22.5 Å². The molecular formula is C22H17F3N4O3. The van der Waals surface area contributed by atoms with Crippen LogP contribution >= 0.6 is 0 Å². The van der Waals surface area contributed by atoms with E-state index in [0.717, 1.165) is 18.2 Å². The lowest BCUT2D eigenvalue weighted by molar-refractivity contribution is 0.0471. The Labute approximate surface area is 180 Å². The van der Waals surface area contributed by atoms with Crippen molar-refractivity contribution < 1.29 is 22.7 Å². The van der Waals surface area contributed by atoms with Gasteiger partial charge in [0.2, 0.25) is 0 Å². The highest BCUT2D eigenvalue weighted by molar-refractivity contribution is 5.91. The second kappa shape index (κ2) is 8.36. The van der Waals surface area contributed by atoms with E-state index in [0.29, 0.717) is 11.3 Å². The third-order valence-electron chi connectivity index (χ3n) is 5.36. The predicted octanol–water partition coefficient (Wildman–Crippen LogP) is 3.94. The fourth-order valence-corrected chi connectivity index (χ4v) is 3.88. The SMILES string of the molecule is CCN(C(=O)Nc1ccc(F)c(C#N)c1)[C@@H]1COCc2[nH]c(=O)c3cc(F)c(F)cc3c21. The maximum absolute atomic E-state index is 14.0. The minimum absolute atomic E-state index is 0.0387. The van der Waals surface area contributed by atoms with Crippen molar-refractivity contribution in [2.45, 2.75) is 19.6 Å². The smallest absolute Gasteiger partial charge is 0.322 e. The summed E-state index contributed by atoms with van der Waals surface area (Å²) in [6.45, 7) is 2.02. The molecule has 2 heterocycles. The molecule has 1 aliphatic rings. The summed E-state index contributed by atoms with van der Waals surface area (Å²) in [5.41, 5.74) is 0.217. The average Bonchev–Trinajstić information content (AvgIpc) is 2.77. The molecule has 0 saturated heterocycles. The number of nitrogens with zero attached hydrogens (tertiary/aromatic N) is 2. The molecule has 7 nitrogen and oxygen atoms in total. The zero-order chi connectivity index (χ0) is 23.0. The van der Waals surface area contributed by atoms with Gasteiger partial charge in [0.1, 0.15) is 11.9 Å². The van der Waals surface area contributed by atoms with Crippen LogP contribution < -0.4 is 10.9 Å². The second-order valence-electron chi connectivity index (χ2n) is 7.21. The number of hydrogen-bond donors (Lipinski definition) is 2. The van der Waals surface area contributed by atoms with Gasteiger partial charge in [0, 0.05) is 23.5 Å². The number of aromatic nitrogens is 1. The summed E-state index contributed by atoms with van der Waals surface area (Å²) in [7, 11) is 0. The first-order valence-electron chi connectivity index (χ1n) is 9.72. The third-order valence-corrected chi connectivity index (χ3v) is 5.36. The lowest BCUT2D eigenvalue weighted by atomic mass is 9.95. The Morgan fingerprint density at radius 1 is 1.22 bits per heavy atom. The first-order chi connectivity index (χ1) is 15.3. The van der Waals surface area contributed by atoms with Crippen LogP contribution in [0.5, 0.6) is 0 Å². The van der Waals surface area contributed by atoms with E-state index in [2.05, 4.69) is 10.3 Å². The highest BCUT2D eigenvalue weighted by atomic mass is 19.2. The molecule has 0 radical (unpaired) electrons. The van der Waals surface area contributed by atoms with E-state index in [1.54, 1.807) is 13.0 Å². The number of anilines is 1. The van der Waals surface area contributed by atoms with Crippen LogP contribution in [0.2, 0.25) is 0 Å². The highest BCUT2D eigenvalue weighted by Gasteiger charge is 2.32. The van der Waals surface area contributed by atoms with Gasteiger partial charge < -0.3 is 19.9 Å². The molecule has 0 spiro atoms. The Hall–Kier alpha value is -3.84. The van der Waals surface area contributed by atoms with Crippen molar-refractivity contribution in [3.63, 3.8) is 0 Å². The van der Waals surface area contributed by atoms with Crippen molar-refractivity contribution in [1.82, 2.24) is 9.88 Å². The first-order valence-corrected chi connectivity index (χ1v) is 9.72. The largest absolute Gasteiger partial charge is 0.373 e. The molecule has 0 aliphatic carbocycles. The maximum atomic E-state index is 14.0. The van der Waals surface area contributed by atoms with Crippen LogP contribution in [0.25, 0.3) is 10.8 Å². The van der Waals surface area contributed by atoms with E-state index in [4.69, 9.17) is 10.00 Å². The van der Waals surface area contributed by atoms with Crippen LogP contribution in [-0.2, 0) is 11.3 Å². The number of fused-ring (bicyclic) bond motifs is 3. The molecule has 0 bridgehead atoms. The summed E-state index contributed by atoms with van der Waals surface area (Å²) in [4.78, 5) is 29.4. The Balaban J connectivity index is 1.76. The maximum Gasteiger partial charge on any atom is 0.322 e. The summed E-state index contributed by atoms with van der Waals surface area (Å²) < 4.78 is 46.9. The number of likely N-dealkylation sites (N-methyl/N-ethyl adjacent to an activating group) is 1. The summed E-state index contributed by atoms with van der Waals surface area (Å²) in [5.74, 6) is -2.98. The molecule has 0 unspecified atom stereocenters. The molecule has 2 amide bonds. The summed E-state index contributed by atoms with van der Waals surface area (Å²) >= 11 is 0. The lowest BCUT2D eigenvalue weighted by Gasteiger charge is -2.35. The van der Waals surface area contributed by atoms with E-state index in [1.165, 1.54) is 17.0 Å². The van der Waals surface area contributed by atoms with Crippen molar-refractivity contribution in [1.29, 1.82) is 5.26 Å². The number of ether oxygens (including phenoxy) is 1. The van der Waals surface area contributed by atoms with Gasteiger partial charge in [0.25, 0.3) is 5.56 Å². The molecule has 0 fully saturated rings. The molecule has 32 heavy (non-hydrogen) atoms. The van der Waals surface area contributed by atoms with Crippen LogP contribution in [0.1, 0.15) is 29.8 Å². The number of nitrogens with one attached hydrogen (secondary N) is 2. The topological polar surface area (TPSA) is 98.2 Å². The summed E-state index contributed by atoms with van der Waals surface area (Å²) in [5, 5.41) is 11.8. The Bertz CT molecular complexity index is 1330. The van der Waals surface area contributed by atoms with Gasteiger partial charge in [-0.15, -0.1) is 0 Å². The highest BCUT2D eigenvalue weighted by Crippen LogP contribution is 2.34. The van der Waals surface area contributed by atoms with Crippen LogP contribution in [0.4, 0.5) is 23.7 Å². The summed E-state index contributed by atoms with van der Waals surface area (Å²) in [6, 6.07) is 5.77. The normalized spacial score (nSPS) is 15.2. The van der Waals surface area contributed by atoms with Crippen molar-refractivity contribution in [3.05, 3.63) is 75.0 Å². The summed E-state index contributed by atoms with van der Waals surface area (Å²) in [6.07, 6.45) is 0. The molecule has 10 heteroatoms. The standard InChI is InChI=1S/C22H17F3N4O3/c1-2-29(22(31)27-12-3-4-15(23)11(5-12)8-26)19-10-32-9-18-20(19)13-6-16(24)17(25)7-14(13)21(30)28-18/h3-7,19H,2,9-10H2,1H3,(H,27,31)(H,28,30)/t19-/m1/s1. The van der Waals surface area contributed by atoms with E-state index in [-0.39, 0.29) is 41.8 Å². The number of rotatable bonds is 3.